The van der Waals surface area contributed by atoms with Gasteiger partial charge in [-0.05, 0) is 49.9 Å². The lowest BCUT2D eigenvalue weighted by Gasteiger charge is -2.33. The number of imidazole rings is 1. The minimum atomic E-state index is 0.0683. The van der Waals surface area contributed by atoms with Gasteiger partial charge in [-0.3, -0.25) is 9.78 Å². The number of carbonyl (C=O) groups is 1. The lowest BCUT2D eigenvalue weighted by Crippen LogP contribution is -2.48. The highest BCUT2D eigenvalue weighted by molar-refractivity contribution is 5.78. The number of hydrogen-bond donors (Lipinski definition) is 2. The van der Waals surface area contributed by atoms with Crippen LogP contribution in [-0.2, 0) is 11.2 Å². The van der Waals surface area contributed by atoms with Gasteiger partial charge in [0, 0.05) is 44.4 Å². The van der Waals surface area contributed by atoms with Crippen LogP contribution in [0.4, 0.5) is 5.82 Å². The van der Waals surface area contributed by atoms with Gasteiger partial charge in [-0.25, -0.2) is 9.97 Å². The molecule has 0 spiro atoms. The highest BCUT2D eigenvalue weighted by Gasteiger charge is 2.22. The van der Waals surface area contributed by atoms with Crippen LogP contribution in [0.5, 0.6) is 0 Å². The molecule has 2 N–H and O–H groups in total. The number of aromatic nitrogens is 4. The number of aromatic amines is 1. The Kier molecular flexibility index (Phi) is 5.23. The molecule has 0 aliphatic carbocycles. The zero-order chi connectivity index (χ0) is 19.5. The van der Waals surface area contributed by atoms with Crippen LogP contribution in [0.15, 0.2) is 30.7 Å². The SMILES string of the molecule is Cc1cc2nc(CCC(=O)NC3CCCN(c4cnccn4)C3)[nH]c2cc1C. The van der Waals surface area contributed by atoms with Crippen molar-refractivity contribution in [3.63, 3.8) is 0 Å². The maximum absolute atomic E-state index is 12.5. The molecular formula is C21H26N6O. The molecule has 7 heteroatoms. The first-order valence-corrected chi connectivity index (χ1v) is 9.84. The Morgan fingerprint density at radius 1 is 1.29 bits per heavy atom. The first-order chi connectivity index (χ1) is 13.6. The number of fused-ring (bicyclic) bond motifs is 1. The minimum absolute atomic E-state index is 0.0683. The zero-order valence-electron chi connectivity index (χ0n) is 16.4. The van der Waals surface area contributed by atoms with Gasteiger partial charge in [-0.1, -0.05) is 0 Å². The number of carbonyl (C=O) groups excluding carboxylic acids is 1. The largest absolute Gasteiger partial charge is 0.353 e. The Balaban J connectivity index is 1.32. The normalized spacial score (nSPS) is 17.1. The first kappa shape index (κ1) is 18.4. The molecule has 1 amide bonds. The number of hydrogen-bond acceptors (Lipinski definition) is 5. The fourth-order valence-electron chi connectivity index (χ4n) is 3.73. The van der Waals surface area contributed by atoms with Crippen LogP contribution in [0.2, 0.25) is 0 Å². The second-order valence-corrected chi connectivity index (χ2v) is 7.55. The number of benzene rings is 1. The molecule has 1 saturated heterocycles. The molecule has 1 aromatic carbocycles. The summed E-state index contributed by atoms with van der Waals surface area (Å²) in [7, 11) is 0. The van der Waals surface area contributed by atoms with Gasteiger partial charge in [0.2, 0.25) is 5.91 Å². The van der Waals surface area contributed by atoms with Crippen LogP contribution >= 0.6 is 0 Å². The number of piperidine rings is 1. The molecule has 1 atom stereocenters. The maximum atomic E-state index is 12.5. The molecule has 7 nitrogen and oxygen atoms in total. The average molecular weight is 378 g/mol. The van der Waals surface area contributed by atoms with Crippen LogP contribution in [0.1, 0.15) is 36.2 Å². The third-order valence-corrected chi connectivity index (χ3v) is 5.40. The smallest absolute Gasteiger partial charge is 0.220 e. The van der Waals surface area contributed by atoms with Gasteiger partial charge in [-0.15, -0.1) is 0 Å². The van der Waals surface area contributed by atoms with E-state index < -0.39 is 0 Å². The second-order valence-electron chi connectivity index (χ2n) is 7.55. The van der Waals surface area contributed by atoms with Crippen molar-refractivity contribution >= 4 is 22.8 Å². The number of H-pyrrole nitrogens is 1. The van der Waals surface area contributed by atoms with Crippen LogP contribution in [0.3, 0.4) is 0 Å². The summed E-state index contributed by atoms with van der Waals surface area (Å²) in [5, 5.41) is 3.17. The summed E-state index contributed by atoms with van der Waals surface area (Å²) < 4.78 is 0. The molecule has 146 valence electrons. The van der Waals surface area contributed by atoms with E-state index in [1.807, 2.05) is 0 Å². The van der Waals surface area contributed by atoms with E-state index in [4.69, 9.17) is 0 Å². The van der Waals surface area contributed by atoms with Crippen molar-refractivity contribution in [3.8, 4) is 0 Å². The molecule has 4 rings (SSSR count). The number of aryl methyl sites for hydroxylation is 3. The third kappa shape index (κ3) is 4.13. The highest BCUT2D eigenvalue weighted by atomic mass is 16.1. The third-order valence-electron chi connectivity index (χ3n) is 5.40. The topological polar surface area (TPSA) is 86.8 Å². The summed E-state index contributed by atoms with van der Waals surface area (Å²) in [5.74, 6) is 1.80. The summed E-state index contributed by atoms with van der Waals surface area (Å²) in [6.45, 7) is 5.90. The Labute approximate surface area is 164 Å². The van der Waals surface area contributed by atoms with Crippen molar-refractivity contribution in [2.75, 3.05) is 18.0 Å². The Morgan fingerprint density at radius 2 is 2.14 bits per heavy atom. The predicted molar refractivity (Wildman–Crippen MR) is 109 cm³/mol. The minimum Gasteiger partial charge on any atom is -0.353 e. The number of anilines is 1. The van der Waals surface area contributed by atoms with E-state index in [1.165, 1.54) is 11.1 Å². The van der Waals surface area contributed by atoms with Crippen molar-refractivity contribution in [1.29, 1.82) is 0 Å². The van der Waals surface area contributed by atoms with E-state index in [-0.39, 0.29) is 11.9 Å². The zero-order valence-corrected chi connectivity index (χ0v) is 16.4. The standard InChI is InChI=1S/C21H26N6O/c1-14-10-17-18(11-15(14)2)26-19(25-17)5-6-21(28)24-16-4-3-9-27(13-16)20-12-22-7-8-23-20/h7-8,10-12,16H,3-6,9,13H2,1-2H3,(H,24,28)(H,25,26). The van der Waals surface area contributed by atoms with Crippen LogP contribution in [-0.4, -0.2) is 45.0 Å². The van der Waals surface area contributed by atoms with Crippen LogP contribution in [0, 0.1) is 13.8 Å². The fourth-order valence-corrected chi connectivity index (χ4v) is 3.73. The number of nitrogens with one attached hydrogen (secondary N) is 2. The Bertz CT molecular complexity index is 929. The average Bonchev–Trinajstić information content (AvgIpc) is 3.09. The van der Waals surface area contributed by atoms with Gasteiger partial charge in [0.15, 0.2) is 0 Å². The quantitative estimate of drug-likeness (QED) is 0.713. The predicted octanol–water partition coefficient (Wildman–Crippen LogP) is 2.69. The van der Waals surface area contributed by atoms with Gasteiger partial charge in [0.1, 0.15) is 11.6 Å². The van der Waals surface area contributed by atoms with Gasteiger partial charge < -0.3 is 15.2 Å². The summed E-state index contributed by atoms with van der Waals surface area (Å²) in [6, 6.07) is 4.35. The van der Waals surface area contributed by atoms with Crippen molar-refractivity contribution in [2.24, 2.45) is 0 Å². The van der Waals surface area contributed by atoms with Gasteiger partial charge in [-0.2, -0.15) is 0 Å². The van der Waals surface area contributed by atoms with Crippen LogP contribution in [0.25, 0.3) is 11.0 Å². The second kappa shape index (κ2) is 7.96. The lowest BCUT2D eigenvalue weighted by atomic mass is 10.1. The molecule has 2 aromatic heterocycles. The molecular weight excluding hydrogens is 352 g/mol. The number of amides is 1. The monoisotopic (exact) mass is 378 g/mol. The van der Waals surface area contributed by atoms with Gasteiger partial charge >= 0.3 is 0 Å². The molecule has 1 aliphatic heterocycles. The number of nitrogens with zero attached hydrogens (tertiary/aromatic N) is 4. The Morgan fingerprint density at radius 3 is 2.96 bits per heavy atom. The number of rotatable bonds is 5. The summed E-state index contributed by atoms with van der Waals surface area (Å²) in [5.41, 5.74) is 4.47. The first-order valence-electron chi connectivity index (χ1n) is 9.84. The van der Waals surface area contributed by atoms with E-state index in [0.717, 1.165) is 48.6 Å². The van der Waals surface area contributed by atoms with Crippen molar-refractivity contribution in [1.82, 2.24) is 25.3 Å². The van der Waals surface area contributed by atoms with Crippen molar-refractivity contribution in [2.45, 2.75) is 45.6 Å². The fraction of sp³-hybridized carbons (Fsp3) is 0.429. The summed E-state index contributed by atoms with van der Waals surface area (Å²) in [4.78, 5) is 31.1. The molecule has 1 aliphatic rings. The van der Waals surface area contributed by atoms with E-state index in [1.54, 1.807) is 18.6 Å². The molecule has 0 bridgehead atoms. The molecule has 0 radical (unpaired) electrons. The van der Waals surface area contributed by atoms with Gasteiger partial charge in [0.25, 0.3) is 0 Å². The molecule has 3 aromatic rings. The summed E-state index contributed by atoms with van der Waals surface area (Å²) in [6.07, 6.45) is 8.21. The molecule has 28 heavy (non-hydrogen) atoms. The van der Waals surface area contributed by atoms with Crippen molar-refractivity contribution < 1.29 is 4.79 Å². The highest BCUT2D eigenvalue weighted by Crippen LogP contribution is 2.19. The van der Waals surface area contributed by atoms with Gasteiger partial charge in [0.05, 0.1) is 17.2 Å². The van der Waals surface area contributed by atoms with E-state index in [2.05, 4.69) is 56.1 Å². The van der Waals surface area contributed by atoms with Crippen LogP contribution < -0.4 is 10.2 Å². The molecule has 3 heterocycles. The van der Waals surface area contributed by atoms with E-state index in [0.29, 0.717) is 12.8 Å². The molecule has 1 unspecified atom stereocenters. The maximum Gasteiger partial charge on any atom is 0.220 e. The molecule has 1 fully saturated rings. The summed E-state index contributed by atoms with van der Waals surface area (Å²) >= 11 is 0. The van der Waals surface area contributed by atoms with Crippen molar-refractivity contribution in [3.05, 3.63) is 47.7 Å². The lowest BCUT2D eigenvalue weighted by molar-refractivity contribution is -0.121. The van der Waals surface area contributed by atoms with E-state index >= 15 is 0 Å². The van der Waals surface area contributed by atoms with E-state index in [9.17, 15) is 4.79 Å². The molecule has 0 saturated carbocycles. The Hall–Kier alpha value is -2.96.